The highest BCUT2D eigenvalue weighted by Gasteiger charge is 2.59. The van der Waals surface area contributed by atoms with Crippen molar-refractivity contribution in [1.82, 2.24) is 5.01 Å². The van der Waals surface area contributed by atoms with Crippen LogP contribution in [-0.2, 0) is 19.1 Å². The van der Waals surface area contributed by atoms with Crippen molar-refractivity contribution in [2.45, 2.75) is 26.4 Å². The summed E-state index contributed by atoms with van der Waals surface area (Å²) < 4.78 is 15.5. The van der Waals surface area contributed by atoms with E-state index < -0.39 is 35.0 Å². The molecule has 2 aliphatic carbocycles. The molecule has 174 valence electrons. The first-order chi connectivity index (χ1) is 15.7. The predicted octanol–water partition coefficient (Wildman–Crippen LogP) is 2.07. The van der Waals surface area contributed by atoms with Gasteiger partial charge in [-0.3, -0.25) is 19.7 Å². The fourth-order valence-electron chi connectivity index (χ4n) is 4.67. The number of imide groups is 1. The minimum absolute atomic E-state index is 0.0128. The van der Waals surface area contributed by atoms with Crippen LogP contribution in [0.1, 0.15) is 25.8 Å². The number of fused-ring (bicyclic) bond motifs is 5. The maximum absolute atomic E-state index is 12.7. The summed E-state index contributed by atoms with van der Waals surface area (Å²) in [5.74, 6) is -2.34. The van der Waals surface area contributed by atoms with Crippen molar-refractivity contribution in [3.05, 3.63) is 40.0 Å². The standard InChI is InChI=1S/C22H23N3O8/c1-11(2)33-17(26)10-32-20-15(25(29)30)6-12(7-16(20)31-3)9-23-24-21(27)18-13-4-5-14(8-13)19(18)22(24)28/h4-7,9,11,13-14,18-19H,8,10H2,1-3H3/t13-,14-,18-,19+/m0/s1. The molecule has 2 fully saturated rings. The van der Waals surface area contributed by atoms with Gasteiger partial charge in [-0.15, -0.1) is 0 Å². The number of methoxy groups -OCH3 is 1. The van der Waals surface area contributed by atoms with Gasteiger partial charge in [0.2, 0.25) is 5.75 Å². The number of allylic oxidation sites excluding steroid dienone is 2. The summed E-state index contributed by atoms with van der Waals surface area (Å²) >= 11 is 0. The van der Waals surface area contributed by atoms with Crippen LogP contribution in [0.25, 0.3) is 0 Å². The molecular formula is C22H23N3O8. The average Bonchev–Trinajstić information content (AvgIpc) is 3.44. The van der Waals surface area contributed by atoms with Gasteiger partial charge >= 0.3 is 11.7 Å². The molecule has 2 bridgehead atoms. The molecule has 1 heterocycles. The van der Waals surface area contributed by atoms with Gasteiger partial charge in [0.15, 0.2) is 12.4 Å². The van der Waals surface area contributed by atoms with Crippen LogP contribution in [0.3, 0.4) is 0 Å². The van der Waals surface area contributed by atoms with E-state index in [2.05, 4.69) is 5.10 Å². The van der Waals surface area contributed by atoms with Crippen LogP contribution < -0.4 is 9.47 Å². The third-order valence-electron chi connectivity index (χ3n) is 5.95. The first kappa shape index (κ1) is 22.4. The van der Waals surface area contributed by atoms with Crippen molar-refractivity contribution in [2.24, 2.45) is 28.8 Å². The maximum atomic E-state index is 12.7. The van der Waals surface area contributed by atoms with Gasteiger partial charge in [0.25, 0.3) is 11.8 Å². The van der Waals surface area contributed by atoms with Crippen LogP contribution in [0, 0.1) is 33.8 Å². The van der Waals surface area contributed by atoms with Crippen molar-refractivity contribution in [3.63, 3.8) is 0 Å². The number of hydrazone groups is 1. The molecule has 11 heteroatoms. The number of benzene rings is 1. The molecule has 0 aromatic heterocycles. The van der Waals surface area contributed by atoms with E-state index in [1.165, 1.54) is 19.4 Å². The SMILES string of the molecule is COc1cc(C=NN2C(=O)[C@@H]3[C@H](C2=O)[C@H]2C=C[C@H]3C2)cc([N+](=O)[O-])c1OCC(=O)OC(C)C. The average molecular weight is 457 g/mol. The summed E-state index contributed by atoms with van der Waals surface area (Å²) in [5, 5.41) is 16.5. The molecule has 1 saturated heterocycles. The number of rotatable bonds is 8. The molecule has 1 aliphatic heterocycles. The molecule has 0 spiro atoms. The largest absolute Gasteiger partial charge is 0.493 e. The summed E-state index contributed by atoms with van der Waals surface area (Å²) in [6.07, 6.45) is 5.60. The van der Waals surface area contributed by atoms with Crippen molar-refractivity contribution < 1.29 is 33.5 Å². The lowest BCUT2D eigenvalue weighted by molar-refractivity contribution is -0.385. The quantitative estimate of drug-likeness (QED) is 0.144. The van der Waals surface area contributed by atoms with Gasteiger partial charge in [0.1, 0.15) is 0 Å². The second-order valence-corrected chi connectivity index (χ2v) is 8.39. The molecule has 2 amide bonds. The van der Waals surface area contributed by atoms with E-state index in [0.717, 1.165) is 17.5 Å². The zero-order valence-corrected chi connectivity index (χ0v) is 18.3. The smallest absolute Gasteiger partial charge is 0.344 e. The summed E-state index contributed by atoms with van der Waals surface area (Å²) in [4.78, 5) is 48.2. The van der Waals surface area contributed by atoms with Gasteiger partial charge in [0.05, 0.1) is 36.2 Å². The lowest BCUT2D eigenvalue weighted by Crippen LogP contribution is -2.28. The number of nitro groups is 1. The molecule has 0 radical (unpaired) electrons. The Balaban J connectivity index is 1.56. The number of hydrogen-bond donors (Lipinski definition) is 0. The van der Waals surface area contributed by atoms with E-state index in [1.54, 1.807) is 13.8 Å². The fraction of sp³-hybridized carbons (Fsp3) is 0.455. The van der Waals surface area contributed by atoms with Crippen LogP contribution in [0.4, 0.5) is 5.69 Å². The summed E-state index contributed by atoms with van der Waals surface area (Å²) in [6.45, 7) is 2.79. The Morgan fingerprint density at radius 2 is 1.88 bits per heavy atom. The summed E-state index contributed by atoms with van der Waals surface area (Å²) in [6, 6.07) is 2.56. The van der Waals surface area contributed by atoms with Gasteiger partial charge in [0, 0.05) is 11.6 Å². The number of ether oxygens (including phenoxy) is 3. The van der Waals surface area contributed by atoms with E-state index in [-0.39, 0.29) is 46.8 Å². The topological polar surface area (TPSA) is 138 Å². The molecular weight excluding hydrogens is 434 g/mol. The normalized spacial score (nSPS) is 25.3. The third kappa shape index (κ3) is 4.06. The second kappa shape index (κ2) is 8.64. The van der Waals surface area contributed by atoms with E-state index in [1.807, 2.05) is 12.2 Å². The molecule has 1 saturated carbocycles. The van der Waals surface area contributed by atoms with Crippen molar-refractivity contribution >= 4 is 29.7 Å². The highest BCUT2D eigenvalue weighted by molar-refractivity contribution is 6.06. The number of amides is 2. The molecule has 3 aliphatic rings. The van der Waals surface area contributed by atoms with Gasteiger partial charge in [-0.25, -0.2) is 4.79 Å². The maximum Gasteiger partial charge on any atom is 0.344 e. The number of carbonyl (C=O) groups excluding carboxylic acids is 3. The Bertz CT molecular complexity index is 1050. The zero-order valence-electron chi connectivity index (χ0n) is 18.3. The van der Waals surface area contributed by atoms with Crippen molar-refractivity contribution in [3.8, 4) is 11.5 Å². The highest BCUT2D eigenvalue weighted by Crippen LogP contribution is 2.52. The molecule has 4 atom stereocenters. The van der Waals surface area contributed by atoms with Crippen LogP contribution >= 0.6 is 0 Å². The third-order valence-corrected chi connectivity index (χ3v) is 5.95. The first-order valence-electron chi connectivity index (χ1n) is 10.5. The monoisotopic (exact) mass is 457 g/mol. The van der Waals surface area contributed by atoms with E-state index in [4.69, 9.17) is 14.2 Å². The lowest BCUT2D eigenvalue weighted by Gasteiger charge is -2.13. The molecule has 0 N–H and O–H groups in total. The van der Waals surface area contributed by atoms with Gasteiger partial charge in [-0.05, 0) is 38.2 Å². The van der Waals surface area contributed by atoms with Gasteiger partial charge in [-0.1, -0.05) is 12.2 Å². The fourth-order valence-corrected chi connectivity index (χ4v) is 4.67. The van der Waals surface area contributed by atoms with Crippen LogP contribution in [0.2, 0.25) is 0 Å². The molecule has 0 unspecified atom stereocenters. The molecule has 4 rings (SSSR count). The molecule has 33 heavy (non-hydrogen) atoms. The minimum atomic E-state index is -0.692. The lowest BCUT2D eigenvalue weighted by atomic mass is 9.85. The Morgan fingerprint density at radius 3 is 2.42 bits per heavy atom. The Kier molecular flexibility index (Phi) is 5.88. The van der Waals surface area contributed by atoms with Crippen LogP contribution in [0.5, 0.6) is 11.5 Å². The molecule has 1 aromatic carbocycles. The van der Waals surface area contributed by atoms with Gasteiger partial charge < -0.3 is 14.2 Å². The second-order valence-electron chi connectivity index (χ2n) is 8.39. The number of hydrogen-bond acceptors (Lipinski definition) is 9. The Labute approximate surface area is 189 Å². The minimum Gasteiger partial charge on any atom is -0.493 e. The summed E-state index contributed by atoms with van der Waals surface area (Å²) in [5.41, 5.74) is -0.249. The van der Waals surface area contributed by atoms with E-state index >= 15 is 0 Å². The van der Waals surface area contributed by atoms with Crippen molar-refractivity contribution in [2.75, 3.05) is 13.7 Å². The Morgan fingerprint density at radius 1 is 1.24 bits per heavy atom. The number of nitrogens with zero attached hydrogens (tertiary/aromatic N) is 3. The first-order valence-corrected chi connectivity index (χ1v) is 10.5. The summed E-state index contributed by atoms with van der Waals surface area (Å²) in [7, 11) is 1.29. The molecule has 11 nitrogen and oxygen atoms in total. The Hall–Kier alpha value is -3.76. The number of nitro benzene ring substituents is 1. The van der Waals surface area contributed by atoms with Crippen molar-refractivity contribution in [1.29, 1.82) is 0 Å². The van der Waals surface area contributed by atoms with Gasteiger partial charge in [-0.2, -0.15) is 10.1 Å². The number of esters is 1. The van der Waals surface area contributed by atoms with Crippen LogP contribution in [-0.4, -0.2) is 53.8 Å². The highest BCUT2D eigenvalue weighted by atomic mass is 16.6. The number of carbonyl (C=O) groups is 3. The van der Waals surface area contributed by atoms with E-state index in [9.17, 15) is 24.5 Å². The predicted molar refractivity (Wildman–Crippen MR) is 114 cm³/mol. The van der Waals surface area contributed by atoms with Crippen LogP contribution in [0.15, 0.2) is 29.4 Å². The van der Waals surface area contributed by atoms with E-state index in [0.29, 0.717) is 0 Å². The molecule has 1 aromatic rings. The zero-order chi connectivity index (χ0) is 23.9.